The average molecular weight is 447 g/mol. The van der Waals surface area contributed by atoms with Crippen LogP contribution in [0.4, 0.5) is 5.95 Å². The standard InChI is InChI=1S/C24H16Cl2N4O/c25-16-10-8-14(9-11-16)22-20-21(29-24-27-13-28-30(22)24)18-6-1-2-7-19(18)31-23(20)15-4-3-5-17(26)12-15/h1-13,22-23H,(H,27,28,29)/t22-,23+/m1/s1. The number of fused-ring (bicyclic) bond motifs is 3. The first-order valence-corrected chi connectivity index (χ1v) is 10.6. The lowest BCUT2D eigenvalue weighted by Gasteiger charge is -2.39. The highest BCUT2D eigenvalue weighted by atomic mass is 35.5. The highest BCUT2D eigenvalue weighted by molar-refractivity contribution is 6.30. The molecule has 0 radical (unpaired) electrons. The van der Waals surface area contributed by atoms with Gasteiger partial charge in [0.1, 0.15) is 24.2 Å². The number of hydrogen-bond acceptors (Lipinski definition) is 4. The first-order chi connectivity index (χ1) is 15.2. The average Bonchev–Trinajstić information content (AvgIpc) is 3.26. The van der Waals surface area contributed by atoms with Gasteiger partial charge in [-0.05, 0) is 47.5 Å². The van der Waals surface area contributed by atoms with Gasteiger partial charge in [-0.2, -0.15) is 10.1 Å². The smallest absolute Gasteiger partial charge is 0.226 e. The molecule has 2 aliphatic rings. The van der Waals surface area contributed by atoms with Crippen molar-refractivity contribution in [3.05, 3.63) is 111 Å². The van der Waals surface area contributed by atoms with Crippen LogP contribution in [0.2, 0.25) is 10.0 Å². The minimum absolute atomic E-state index is 0.219. The molecule has 1 N–H and O–H groups in total. The number of anilines is 1. The van der Waals surface area contributed by atoms with E-state index in [-0.39, 0.29) is 12.1 Å². The van der Waals surface area contributed by atoms with Crippen LogP contribution in [0.3, 0.4) is 0 Å². The fourth-order valence-corrected chi connectivity index (χ4v) is 4.65. The van der Waals surface area contributed by atoms with Crippen LogP contribution >= 0.6 is 23.2 Å². The zero-order chi connectivity index (χ0) is 20.9. The first kappa shape index (κ1) is 18.5. The number of benzene rings is 3. The summed E-state index contributed by atoms with van der Waals surface area (Å²) in [6, 6.07) is 23.4. The molecule has 3 heterocycles. The van der Waals surface area contributed by atoms with Crippen molar-refractivity contribution < 1.29 is 4.74 Å². The maximum atomic E-state index is 6.57. The van der Waals surface area contributed by atoms with Crippen molar-refractivity contribution in [2.75, 3.05) is 5.32 Å². The van der Waals surface area contributed by atoms with Gasteiger partial charge in [0, 0.05) is 21.2 Å². The summed E-state index contributed by atoms with van der Waals surface area (Å²) >= 11 is 12.5. The maximum Gasteiger partial charge on any atom is 0.226 e. The summed E-state index contributed by atoms with van der Waals surface area (Å²) < 4.78 is 8.45. The molecule has 0 amide bonds. The van der Waals surface area contributed by atoms with E-state index in [4.69, 9.17) is 27.9 Å². The third-order valence-corrected chi connectivity index (χ3v) is 6.15. The van der Waals surface area contributed by atoms with Crippen LogP contribution in [0.15, 0.2) is 84.7 Å². The molecule has 2 atom stereocenters. The van der Waals surface area contributed by atoms with E-state index >= 15 is 0 Å². The summed E-state index contributed by atoms with van der Waals surface area (Å²) in [5, 5.41) is 9.36. The normalized spacial score (nSPS) is 19.0. The molecule has 0 spiro atoms. The second-order valence-corrected chi connectivity index (χ2v) is 8.36. The Morgan fingerprint density at radius 2 is 1.71 bits per heavy atom. The van der Waals surface area contributed by atoms with E-state index in [1.165, 1.54) is 0 Å². The monoisotopic (exact) mass is 446 g/mol. The highest BCUT2D eigenvalue weighted by Gasteiger charge is 2.40. The van der Waals surface area contributed by atoms with Crippen LogP contribution in [-0.2, 0) is 0 Å². The molecule has 0 saturated heterocycles. The number of para-hydroxylation sites is 1. The molecule has 4 aromatic rings. The van der Waals surface area contributed by atoms with Crippen molar-refractivity contribution in [3.63, 3.8) is 0 Å². The molecule has 0 saturated carbocycles. The molecule has 2 aliphatic heterocycles. The molecule has 0 bridgehead atoms. The van der Waals surface area contributed by atoms with Crippen LogP contribution in [-0.4, -0.2) is 14.8 Å². The summed E-state index contributed by atoms with van der Waals surface area (Å²) in [5.74, 6) is 1.49. The molecule has 3 aromatic carbocycles. The van der Waals surface area contributed by atoms with Crippen LogP contribution in [0, 0.1) is 0 Å². The topological polar surface area (TPSA) is 52.0 Å². The summed E-state index contributed by atoms with van der Waals surface area (Å²) in [6.07, 6.45) is 1.21. The Balaban J connectivity index is 1.63. The third-order valence-electron chi connectivity index (χ3n) is 5.66. The number of nitrogens with one attached hydrogen (secondary N) is 1. The van der Waals surface area contributed by atoms with Crippen LogP contribution < -0.4 is 10.1 Å². The van der Waals surface area contributed by atoms with E-state index in [0.717, 1.165) is 33.7 Å². The molecule has 5 nitrogen and oxygen atoms in total. The lowest BCUT2D eigenvalue weighted by atomic mass is 9.84. The molecule has 1 aromatic heterocycles. The van der Waals surface area contributed by atoms with Gasteiger partial charge in [-0.1, -0.05) is 59.6 Å². The number of hydrogen-bond donors (Lipinski definition) is 1. The summed E-state index contributed by atoms with van der Waals surface area (Å²) in [7, 11) is 0. The van der Waals surface area contributed by atoms with E-state index in [1.54, 1.807) is 6.33 Å². The minimum atomic E-state index is -0.353. The van der Waals surface area contributed by atoms with Gasteiger partial charge in [0.2, 0.25) is 5.95 Å². The fraction of sp³-hybridized carbons (Fsp3) is 0.0833. The Hall–Kier alpha value is -3.28. The quantitative estimate of drug-likeness (QED) is 0.401. The van der Waals surface area contributed by atoms with Gasteiger partial charge in [0.05, 0.1) is 5.70 Å². The van der Waals surface area contributed by atoms with Gasteiger partial charge in [0.15, 0.2) is 0 Å². The SMILES string of the molecule is Clc1ccc([C@@H]2C3=C(Nc4ncnn42)c2ccccc2O[C@H]3c2cccc(Cl)c2)cc1. The summed E-state index contributed by atoms with van der Waals surface area (Å²) in [6.45, 7) is 0. The molecule has 0 aliphatic carbocycles. The van der Waals surface area contributed by atoms with Gasteiger partial charge in [0.25, 0.3) is 0 Å². The largest absolute Gasteiger partial charge is 0.480 e. The second kappa shape index (κ2) is 7.15. The molecule has 31 heavy (non-hydrogen) atoms. The van der Waals surface area contributed by atoms with Crippen LogP contribution in [0.25, 0.3) is 5.70 Å². The van der Waals surface area contributed by atoms with Crippen molar-refractivity contribution in [2.24, 2.45) is 0 Å². The Morgan fingerprint density at radius 1 is 0.871 bits per heavy atom. The van der Waals surface area contributed by atoms with E-state index < -0.39 is 0 Å². The number of rotatable bonds is 2. The number of ether oxygens (including phenoxy) is 1. The van der Waals surface area contributed by atoms with Crippen molar-refractivity contribution in [1.29, 1.82) is 0 Å². The minimum Gasteiger partial charge on any atom is -0.480 e. The van der Waals surface area contributed by atoms with Gasteiger partial charge in [-0.15, -0.1) is 0 Å². The van der Waals surface area contributed by atoms with Gasteiger partial charge in [-0.3, -0.25) is 0 Å². The molecular weight excluding hydrogens is 431 g/mol. The summed E-state index contributed by atoms with van der Waals surface area (Å²) in [4.78, 5) is 4.44. The molecule has 7 heteroatoms. The van der Waals surface area contributed by atoms with Crippen molar-refractivity contribution >= 4 is 34.8 Å². The van der Waals surface area contributed by atoms with E-state index in [1.807, 2.05) is 71.4 Å². The molecule has 0 unspecified atom stereocenters. The molecular formula is C24H16Cl2N4O. The Kier molecular flexibility index (Phi) is 4.26. The van der Waals surface area contributed by atoms with Gasteiger partial charge < -0.3 is 10.1 Å². The molecule has 152 valence electrons. The van der Waals surface area contributed by atoms with E-state index in [2.05, 4.69) is 21.5 Å². The van der Waals surface area contributed by atoms with E-state index in [0.29, 0.717) is 16.0 Å². The molecule has 6 rings (SSSR count). The summed E-state index contributed by atoms with van der Waals surface area (Å²) in [5.41, 5.74) is 5.02. The zero-order valence-electron chi connectivity index (χ0n) is 16.2. The highest BCUT2D eigenvalue weighted by Crippen LogP contribution is 2.50. The first-order valence-electron chi connectivity index (χ1n) is 9.86. The predicted octanol–water partition coefficient (Wildman–Crippen LogP) is 6.14. The third kappa shape index (κ3) is 3.00. The number of aromatic nitrogens is 3. The lowest BCUT2D eigenvalue weighted by Crippen LogP contribution is -2.32. The van der Waals surface area contributed by atoms with Gasteiger partial charge in [-0.25, -0.2) is 4.68 Å². The Labute approximate surface area is 188 Å². The van der Waals surface area contributed by atoms with Crippen molar-refractivity contribution in [2.45, 2.75) is 12.1 Å². The predicted molar refractivity (Wildman–Crippen MR) is 121 cm³/mol. The van der Waals surface area contributed by atoms with E-state index in [9.17, 15) is 0 Å². The van der Waals surface area contributed by atoms with Crippen molar-refractivity contribution in [1.82, 2.24) is 14.8 Å². The maximum absolute atomic E-state index is 6.57. The zero-order valence-corrected chi connectivity index (χ0v) is 17.7. The Morgan fingerprint density at radius 3 is 2.55 bits per heavy atom. The van der Waals surface area contributed by atoms with Crippen LogP contribution in [0.5, 0.6) is 5.75 Å². The number of halogens is 2. The number of nitrogens with zero attached hydrogens (tertiary/aromatic N) is 3. The Bertz CT molecular complexity index is 1330. The second-order valence-electron chi connectivity index (χ2n) is 7.49. The van der Waals surface area contributed by atoms with Crippen molar-refractivity contribution in [3.8, 4) is 5.75 Å². The lowest BCUT2D eigenvalue weighted by molar-refractivity contribution is 0.223. The molecule has 0 fully saturated rings. The van der Waals surface area contributed by atoms with Gasteiger partial charge >= 0.3 is 0 Å². The fourth-order valence-electron chi connectivity index (χ4n) is 4.33. The van der Waals surface area contributed by atoms with Crippen LogP contribution in [0.1, 0.15) is 28.8 Å².